The number of rotatable bonds is 2. The SMILES string of the molecule is [2H][13C]([2H])([2H])[C@@]12C(=[13CH]C(=O)[13CH2][13C]1([2H])[2H])[C@@H](O)C[C@@H]1[C@@H]2[C@@H](O)C[C@@]2(C)[C@H]1CC[C@]2(O)C(=O)CO. The standard InChI is InChI=1S/C21H30O6/c1-19-5-3-11(23)7-14(19)15(24)8-12-13-4-6-21(27,17(26)10-22)20(13,2)9-16(25)18(12)19/h7,12-13,15-16,18,22,24-25,27H,3-6,8-10H2,1-2H3/t12-,13-,15-,16-,18+,19-,20-,21-/m0/s1/i1+1D3,3+1,5+1D2,7+1. The number of carbonyl (C=O) groups excluding carboxylic acids is 2. The predicted octanol–water partition coefficient (Wildman–Crippen LogP) is 0.752. The maximum Gasteiger partial charge on any atom is 0.190 e. The molecule has 0 spiro atoms. The molecule has 6 nitrogen and oxygen atoms in total. The Bertz CT molecular complexity index is 886. The molecule has 3 saturated carbocycles. The maximum atomic E-state index is 12.5. The third-order valence-corrected chi connectivity index (χ3v) is 7.88. The van der Waals surface area contributed by atoms with Crippen LogP contribution in [0.4, 0.5) is 0 Å². The van der Waals surface area contributed by atoms with Crippen molar-refractivity contribution in [2.24, 2.45) is 28.6 Å². The van der Waals surface area contributed by atoms with Crippen LogP contribution in [0.3, 0.4) is 0 Å². The van der Waals surface area contributed by atoms with Crippen molar-refractivity contribution in [3.05, 3.63) is 11.6 Å². The van der Waals surface area contributed by atoms with Crippen LogP contribution in [0.15, 0.2) is 11.6 Å². The largest absolute Gasteiger partial charge is 0.393 e. The summed E-state index contributed by atoms with van der Waals surface area (Å²) >= 11 is 0. The molecule has 0 aromatic rings. The second kappa shape index (κ2) is 5.96. The van der Waals surface area contributed by atoms with Gasteiger partial charge in [-0.1, -0.05) is 13.8 Å². The van der Waals surface area contributed by atoms with Crippen LogP contribution in [-0.4, -0.2) is 56.4 Å². The molecule has 0 aliphatic heterocycles. The normalized spacial score (nSPS) is 56.9. The molecule has 150 valence electrons. The summed E-state index contributed by atoms with van der Waals surface area (Å²) in [4.78, 5) is 24.7. The van der Waals surface area contributed by atoms with Gasteiger partial charge >= 0.3 is 0 Å². The van der Waals surface area contributed by atoms with Crippen LogP contribution in [0.2, 0.25) is 0 Å². The number of hydrogen-bond acceptors (Lipinski definition) is 6. The quantitative estimate of drug-likeness (QED) is 0.520. The van der Waals surface area contributed by atoms with E-state index >= 15 is 0 Å². The summed E-state index contributed by atoms with van der Waals surface area (Å²) in [5.41, 5.74) is -5.56. The number of ketones is 2. The molecule has 0 bridgehead atoms. The third kappa shape index (κ3) is 2.33. The lowest BCUT2D eigenvalue weighted by atomic mass is 9.48. The van der Waals surface area contributed by atoms with Crippen LogP contribution in [0.25, 0.3) is 0 Å². The Labute approximate surface area is 166 Å². The molecule has 4 aliphatic carbocycles. The van der Waals surface area contributed by atoms with E-state index in [0.717, 1.165) is 6.08 Å². The van der Waals surface area contributed by atoms with Gasteiger partial charge in [-0.3, -0.25) is 9.59 Å². The minimum atomic E-state index is -2.97. The fourth-order valence-corrected chi connectivity index (χ4v) is 6.61. The summed E-state index contributed by atoms with van der Waals surface area (Å²) in [6.45, 7) is -2.21. The molecule has 0 amide bonds. The highest BCUT2D eigenvalue weighted by molar-refractivity contribution is 5.92. The van der Waals surface area contributed by atoms with E-state index in [2.05, 4.69) is 0 Å². The van der Waals surface area contributed by atoms with Crippen molar-refractivity contribution < 1.29 is 36.9 Å². The van der Waals surface area contributed by atoms with E-state index < -0.39 is 84.2 Å². The molecule has 0 unspecified atom stereocenters. The van der Waals surface area contributed by atoms with Gasteiger partial charge < -0.3 is 20.4 Å². The van der Waals surface area contributed by atoms with Gasteiger partial charge in [0.1, 0.15) is 12.2 Å². The number of Topliss-reactive ketones (excluding diaryl/α,β-unsaturated/α-hetero) is 1. The van der Waals surface area contributed by atoms with Crippen LogP contribution in [0, 0.1) is 28.6 Å². The first kappa shape index (κ1) is 14.0. The van der Waals surface area contributed by atoms with Crippen LogP contribution in [0.1, 0.15) is 59.1 Å². The van der Waals surface area contributed by atoms with Gasteiger partial charge in [0.05, 0.1) is 12.2 Å². The Morgan fingerprint density at radius 2 is 2.19 bits per heavy atom. The van der Waals surface area contributed by atoms with Gasteiger partial charge in [-0.15, -0.1) is 0 Å². The molecule has 0 aromatic heterocycles. The molecule has 27 heavy (non-hydrogen) atoms. The van der Waals surface area contributed by atoms with E-state index in [-0.39, 0.29) is 24.8 Å². The molecule has 4 N–H and O–H groups in total. The number of aliphatic hydroxyl groups is 4. The van der Waals surface area contributed by atoms with Gasteiger partial charge in [0.25, 0.3) is 0 Å². The second-order valence-electron chi connectivity index (χ2n) is 8.94. The Hall–Kier alpha value is -1.08. The van der Waals surface area contributed by atoms with Crippen LogP contribution in [0.5, 0.6) is 0 Å². The summed E-state index contributed by atoms with van der Waals surface area (Å²) in [7, 11) is 0. The molecular weight excluding hydrogens is 352 g/mol. The van der Waals surface area contributed by atoms with Gasteiger partial charge in [-0.25, -0.2) is 0 Å². The number of fused-ring (bicyclic) bond motifs is 5. The zero-order valence-corrected chi connectivity index (χ0v) is 15.3. The first-order chi connectivity index (χ1) is 14.6. The van der Waals surface area contributed by atoms with Crippen molar-refractivity contribution in [1.82, 2.24) is 0 Å². The number of aliphatic hydroxyl groups excluding tert-OH is 3. The summed E-state index contributed by atoms with van der Waals surface area (Å²) in [5, 5.41) is 43.1. The first-order valence-corrected chi connectivity index (χ1v) is 9.56. The van der Waals surface area contributed by atoms with Crippen molar-refractivity contribution in [2.45, 2.75) is 70.1 Å². The highest BCUT2D eigenvalue weighted by Crippen LogP contribution is 2.67. The van der Waals surface area contributed by atoms with E-state index in [0.29, 0.717) is 6.42 Å². The Balaban J connectivity index is 1.93. The van der Waals surface area contributed by atoms with E-state index in [9.17, 15) is 30.0 Å². The summed E-state index contributed by atoms with van der Waals surface area (Å²) < 4.78 is 42.5. The molecule has 6 heteroatoms. The van der Waals surface area contributed by atoms with Crippen LogP contribution >= 0.6 is 0 Å². The van der Waals surface area contributed by atoms with Crippen molar-refractivity contribution in [1.29, 1.82) is 0 Å². The lowest BCUT2D eigenvalue weighted by Gasteiger charge is -2.61. The molecule has 0 saturated heterocycles. The van der Waals surface area contributed by atoms with E-state index in [4.69, 9.17) is 6.85 Å². The van der Waals surface area contributed by atoms with Gasteiger partial charge in [-0.05, 0) is 66.9 Å². The van der Waals surface area contributed by atoms with Gasteiger partial charge in [-0.2, -0.15) is 0 Å². The zero-order valence-electron chi connectivity index (χ0n) is 20.3. The topological polar surface area (TPSA) is 115 Å². The van der Waals surface area contributed by atoms with Gasteiger partial charge in [0, 0.05) is 18.7 Å². The van der Waals surface area contributed by atoms with E-state index in [1.54, 1.807) is 6.92 Å². The van der Waals surface area contributed by atoms with Gasteiger partial charge in [0.2, 0.25) is 0 Å². The van der Waals surface area contributed by atoms with Gasteiger partial charge in [0.15, 0.2) is 11.6 Å². The molecule has 0 radical (unpaired) electrons. The molecular formula is C21H30O6. The number of carbonyl (C=O) groups is 2. The average Bonchev–Trinajstić information content (AvgIpc) is 2.91. The summed E-state index contributed by atoms with van der Waals surface area (Å²) in [5.74, 6) is -3.71. The molecule has 3 fully saturated rings. The summed E-state index contributed by atoms with van der Waals surface area (Å²) in [6.07, 6.45) is -4.85. The van der Waals surface area contributed by atoms with Crippen molar-refractivity contribution >= 4 is 11.6 Å². The Kier molecular flexibility index (Phi) is 3.09. The molecule has 0 heterocycles. The molecule has 4 aliphatic rings. The highest BCUT2D eigenvalue weighted by atomic mass is 16.3. The highest BCUT2D eigenvalue weighted by Gasteiger charge is 2.68. The third-order valence-electron chi connectivity index (χ3n) is 7.88. The lowest BCUT2D eigenvalue weighted by Crippen LogP contribution is -2.63. The minimum Gasteiger partial charge on any atom is -0.393 e. The van der Waals surface area contributed by atoms with Crippen molar-refractivity contribution in [3.63, 3.8) is 0 Å². The molecule has 0 aromatic carbocycles. The van der Waals surface area contributed by atoms with Crippen molar-refractivity contribution in [2.75, 3.05) is 6.61 Å². The fraction of sp³-hybridized carbons (Fsp3) is 0.810. The van der Waals surface area contributed by atoms with Crippen molar-refractivity contribution in [3.8, 4) is 0 Å². The Morgan fingerprint density at radius 1 is 1.44 bits per heavy atom. The Morgan fingerprint density at radius 3 is 2.85 bits per heavy atom. The number of hydrogen-bond donors (Lipinski definition) is 4. The molecule has 8 atom stereocenters. The monoisotopic (exact) mass is 387 g/mol. The predicted molar refractivity (Wildman–Crippen MR) is 96.5 cm³/mol. The van der Waals surface area contributed by atoms with Crippen LogP contribution in [-0.2, 0) is 9.59 Å². The maximum absolute atomic E-state index is 12.5. The lowest BCUT2D eigenvalue weighted by molar-refractivity contribution is -0.187. The zero-order chi connectivity index (χ0) is 24.1. The van der Waals surface area contributed by atoms with Crippen LogP contribution < -0.4 is 0 Å². The van der Waals surface area contributed by atoms with E-state index in [1.807, 2.05) is 0 Å². The van der Waals surface area contributed by atoms with E-state index in [1.165, 1.54) is 0 Å². The molecule has 4 rings (SSSR count). The summed E-state index contributed by atoms with van der Waals surface area (Å²) in [6, 6.07) is 0. The first-order valence-electron chi connectivity index (χ1n) is 12.1. The fourth-order valence-electron chi connectivity index (χ4n) is 6.61. The average molecular weight is 387 g/mol. The smallest absolute Gasteiger partial charge is 0.190 e. The minimum absolute atomic E-state index is 0.0155. The second-order valence-corrected chi connectivity index (χ2v) is 8.94.